The molecule has 0 bridgehead atoms. The number of nitrogens with one attached hydrogen (secondary N) is 1. The van der Waals surface area contributed by atoms with E-state index in [0.717, 1.165) is 30.6 Å². The maximum absolute atomic E-state index is 12.5. The Morgan fingerprint density at radius 1 is 1.20 bits per heavy atom. The number of aryl methyl sites for hydroxylation is 1. The largest absolute Gasteiger partial charge is 0.352 e. The van der Waals surface area contributed by atoms with Crippen LogP contribution in [0.25, 0.3) is 6.08 Å². The van der Waals surface area contributed by atoms with Crippen molar-refractivity contribution in [2.45, 2.75) is 19.3 Å². The van der Waals surface area contributed by atoms with Gasteiger partial charge in [-0.3, -0.25) is 14.6 Å². The van der Waals surface area contributed by atoms with E-state index < -0.39 is 0 Å². The number of para-hydroxylation sites is 1. The van der Waals surface area contributed by atoms with Crippen LogP contribution in [-0.2, 0) is 16.0 Å². The van der Waals surface area contributed by atoms with Crippen molar-refractivity contribution in [2.75, 3.05) is 18.0 Å². The molecule has 1 aromatic heterocycles. The van der Waals surface area contributed by atoms with Crippen LogP contribution in [0.3, 0.4) is 0 Å². The summed E-state index contributed by atoms with van der Waals surface area (Å²) in [7, 11) is 0. The minimum absolute atomic E-state index is 0.0451. The quantitative estimate of drug-likeness (QED) is 0.854. The van der Waals surface area contributed by atoms with E-state index >= 15 is 0 Å². The maximum atomic E-state index is 12.5. The number of fused-ring (bicyclic) bond motifs is 1. The molecule has 2 amide bonds. The Hall–Kier alpha value is -2.95. The smallest absolute Gasteiger partial charge is 0.244 e. The summed E-state index contributed by atoms with van der Waals surface area (Å²) in [6.07, 6.45) is 8.80. The third-order valence-electron chi connectivity index (χ3n) is 4.16. The number of hydrogen-bond acceptors (Lipinski definition) is 3. The van der Waals surface area contributed by atoms with Crippen molar-refractivity contribution in [3.63, 3.8) is 0 Å². The van der Waals surface area contributed by atoms with Crippen LogP contribution < -0.4 is 10.2 Å². The molecule has 25 heavy (non-hydrogen) atoms. The lowest BCUT2D eigenvalue weighted by molar-refractivity contribution is -0.119. The van der Waals surface area contributed by atoms with Crippen LogP contribution in [-0.4, -0.2) is 29.9 Å². The van der Waals surface area contributed by atoms with E-state index in [2.05, 4.69) is 16.4 Å². The molecule has 2 heterocycles. The predicted octanol–water partition coefficient (Wildman–Crippen LogP) is 2.58. The van der Waals surface area contributed by atoms with Crippen molar-refractivity contribution in [1.29, 1.82) is 0 Å². The first kappa shape index (κ1) is 16.9. The molecular weight excluding hydrogens is 314 g/mol. The third-order valence-corrected chi connectivity index (χ3v) is 4.16. The number of benzene rings is 1. The van der Waals surface area contributed by atoms with Gasteiger partial charge in [0.1, 0.15) is 0 Å². The lowest BCUT2D eigenvalue weighted by Crippen LogP contribution is -2.37. The van der Waals surface area contributed by atoms with E-state index in [9.17, 15) is 9.59 Å². The highest BCUT2D eigenvalue weighted by Gasteiger charge is 2.21. The second-order valence-electron chi connectivity index (χ2n) is 5.94. The number of carbonyl (C=O) groups excluding carboxylic acids is 2. The molecular formula is C20H21N3O2. The highest BCUT2D eigenvalue weighted by Crippen LogP contribution is 2.26. The van der Waals surface area contributed by atoms with Gasteiger partial charge in [0.25, 0.3) is 0 Å². The second kappa shape index (κ2) is 8.24. The van der Waals surface area contributed by atoms with Gasteiger partial charge >= 0.3 is 0 Å². The lowest BCUT2D eigenvalue weighted by Gasteiger charge is -2.29. The van der Waals surface area contributed by atoms with Crippen molar-refractivity contribution in [3.05, 3.63) is 66.0 Å². The average molecular weight is 335 g/mol. The SMILES string of the molecule is O=C(C=Cc1cccnc1)NCCC(=O)N1CCCc2ccccc21. The fraction of sp³-hybridized carbons (Fsp3) is 0.250. The van der Waals surface area contributed by atoms with Gasteiger partial charge < -0.3 is 10.2 Å². The van der Waals surface area contributed by atoms with E-state index in [1.165, 1.54) is 11.6 Å². The number of aromatic nitrogens is 1. The van der Waals surface area contributed by atoms with E-state index in [1.807, 2.05) is 35.2 Å². The molecule has 3 rings (SSSR count). The molecule has 1 aliphatic heterocycles. The summed E-state index contributed by atoms with van der Waals surface area (Å²) in [4.78, 5) is 30.1. The van der Waals surface area contributed by atoms with Crippen LogP contribution in [0.5, 0.6) is 0 Å². The topological polar surface area (TPSA) is 62.3 Å². The van der Waals surface area contributed by atoms with Crippen molar-refractivity contribution >= 4 is 23.6 Å². The first-order chi connectivity index (χ1) is 12.2. The van der Waals surface area contributed by atoms with Crippen LogP contribution in [0.4, 0.5) is 5.69 Å². The molecule has 0 saturated heterocycles. The molecule has 5 heteroatoms. The summed E-state index contributed by atoms with van der Waals surface area (Å²) in [5.41, 5.74) is 3.07. The lowest BCUT2D eigenvalue weighted by atomic mass is 10.0. The average Bonchev–Trinajstić information content (AvgIpc) is 2.66. The van der Waals surface area contributed by atoms with Gasteiger partial charge in [-0.1, -0.05) is 24.3 Å². The van der Waals surface area contributed by atoms with Gasteiger partial charge in [0.2, 0.25) is 11.8 Å². The molecule has 0 atom stereocenters. The summed E-state index contributed by atoms with van der Waals surface area (Å²) in [5, 5.41) is 2.75. The molecule has 0 unspecified atom stereocenters. The number of amides is 2. The van der Waals surface area contributed by atoms with E-state index in [0.29, 0.717) is 13.0 Å². The maximum Gasteiger partial charge on any atom is 0.244 e. The Labute approximate surface area is 147 Å². The highest BCUT2D eigenvalue weighted by atomic mass is 16.2. The first-order valence-electron chi connectivity index (χ1n) is 8.48. The summed E-state index contributed by atoms with van der Waals surface area (Å²) in [5.74, 6) is -0.167. The minimum Gasteiger partial charge on any atom is -0.352 e. The Balaban J connectivity index is 1.49. The predicted molar refractivity (Wildman–Crippen MR) is 98.0 cm³/mol. The summed E-state index contributed by atoms with van der Waals surface area (Å²) in [6.45, 7) is 1.07. The number of rotatable bonds is 5. The van der Waals surface area contributed by atoms with Gasteiger partial charge in [0.05, 0.1) is 0 Å². The summed E-state index contributed by atoms with van der Waals surface area (Å²) in [6, 6.07) is 11.7. The van der Waals surface area contributed by atoms with Gasteiger partial charge in [0, 0.05) is 43.7 Å². The molecule has 2 aromatic rings. The normalized spacial score (nSPS) is 13.5. The molecule has 0 spiro atoms. The fourth-order valence-electron chi connectivity index (χ4n) is 2.93. The summed E-state index contributed by atoms with van der Waals surface area (Å²) >= 11 is 0. The van der Waals surface area contributed by atoms with Crippen LogP contribution in [0, 0.1) is 0 Å². The molecule has 1 aliphatic rings. The molecule has 1 aromatic carbocycles. The zero-order valence-corrected chi connectivity index (χ0v) is 14.0. The van der Waals surface area contributed by atoms with Crippen molar-refractivity contribution in [3.8, 4) is 0 Å². The molecule has 0 radical (unpaired) electrons. The molecule has 0 aliphatic carbocycles. The van der Waals surface area contributed by atoms with Gasteiger partial charge in [0.15, 0.2) is 0 Å². The van der Waals surface area contributed by atoms with Crippen LogP contribution in [0.2, 0.25) is 0 Å². The number of pyridine rings is 1. The van der Waals surface area contributed by atoms with Crippen molar-refractivity contribution in [1.82, 2.24) is 10.3 Å². The van der Waals surface area contributed by atoms with E-state index in [-0.39, 0.29) is 11.8 Å². The fourth-order valence-corrected chi connectivity index (χ4v) is 2.93. The zero-order chi connectivity index (χ0) is 17.5. The Morgan fingerprint density at radius 3 is 2.92 bits per heavy atom. The van der Waals surface area contributed by atoms with Crippen molar-refractivity contribution in [2.24, 2.45) is 0 Å². The Morgan fingerprint density at radius 2 is 2.08 bits per heavy atom. The molecule has 5 nitrogen and oxygen atoms in total. The van der Waals surface area contributed by atoms with Crippen molar-refractivity contribution < 1.29 is 9.59 Å². The third kappa shape index (κ3) is 4.53. The van der Waals surface area contributed by atoms with Gasteiger partial charge in [-0.25, -0.2) is 0 Å². The first-order valence-corrected chi connectivity index (χ1v) is 8.48. The molecule has 0 fully saturated rings. The van der Waals surface area contributed by atoms with Gasteiger partial charge in [-0.15, -0.1) is 0 Å². The second-order valence-corrected chi connectivity index (χ2v) is 5.94. The minimum atomic E-state index is -0.212. The van der Waals surface area contributed by atoms with Gasteiger partial charge in [-0.05, 0) is 42.2 Å². The number of nitrogens with zero attached hydrogens (tertiary/aromatic N) is 2. The van der Waals surface area contributed by atoms with E-state index in [1.54, 1.807) is 18.5 Å². The standard InChI is InChI=1S/C20H21N3O2/c24-19(10-9-16-5-3-12-21-15-16)22-13-11-20(25)23-14-4-7-17-6-1-2-8-18(17)23/h1-3,5-6,8-10,12,15H,4,7,11,13-14H2,(H,22,24). The molecule has 1 N–H and O–H groups in total. The van der Waals surface area contributed by atoms with Crippen LogP contribution >= 0.6 is 0 Å². The number of hydrogen-bond donors (Lipinski definition) is 1. The molecule has 128 valence electrons. The van der Waals surface area contributed by atoms with Crippen LogP contribution in [0.15, 0.2) is 54.9 Å². The zero-order valence-electron chi connectivity index (χ0n) is 14.0. The number of anilines is 1. The monoisotopic (exact) mass is 335 g/mol. The molecule has 0 saturated carbocycles. The number of carbonyl (C=O) groups is 2. The van der Waals surface area contributed by atoms with E-state index in [4.69, 9.17) is 0 Å². The Bertz CT molecular complexity index is 772. The van der Waals surface area contributed by atoms with Crippen LogP contribution in [0.1, 0.15) is 24.0 Å². The summed E-state index contributed by atoms with van der Waals surface area (Å²) < 4.78 is 0. The Kier molecular flexibility index (Phi) is 5.57. The van der Waals surface area contributed by atoms with Gasteiger partial charge in [-0.2, -0.15) is 0 Å². The highest BCUT2D eigenvalue weighted by molar-refractivity contribution is 5.95.